The fraction of sp³-hybridized carbons (Fsp3) is 0.381. The Hall–Kier alpha value is -1.70. The highest BCUT2D eigenvalue weighted by atomic mass is 79.9. The van der Waals surface area contributed by atoms with Crippen LogP contribution >= 0.6 is 15.9 Å². The molecule has 7 heteroatoms. The Morgan fingerprint density at radius 1 is 1.00 bits per heavy atom. The van der Waals surface area contributed by atoms with Crippen molar-refractivity contribution < 1.29 is 13.2 Å². The van der Waals surface area contributed by atoms with Gasteiger partial charge in [0.15, 0.2) is 0 Å². The zero-order chi connectivity index (χ0) is 20.1. The molecule has 1 heterocycles. The Balaban J connectivity index is 1.87. The SMILES string of the molecule is Cc1ccc(CN(CC(=O)N2CCCCC2)S(=O)(=O)c2ccc(Br)cc2)cc1. The highest BCUT2D eigenvalue weighted by Gasteiger charge is 2.29. The van der Waals surface area contributed by atoms with Crippen molar-refractivity contribution >= 4 is 31.9 Å². The summed E-state index contributed by atoms with van der Waals surface area (Å²) in [4.78, 5) is 14.8. The summed E-state index contributed by atoms with van der Waals surface area (Å²) in [7, 11) is -3.79. The lowest BCUT2D eigenvalue weighted by atomic mass is 10.1. The summed E-state index contributed by atoms with van der Waals surface area (Å²) < 4.78 is 28.6. The predicted octanol–water partition coefficient (Wildman–Crippen LogP) is 3.96. The maximum Gasteiger partial charge on any atom is 0.243 e. The second-order valence-electron chi connectivity index (χ2n) is 7.15. The number of hydrogen-bond acceptors (Lipinski definition) is 3. The molecule has 1 fully saturated rings. The van der Waals surface area contributed by atoms with Gasteiger partial charge in [0.2, 0.25) is 15.9 Å². The Kier molecular flexibility index (Phi) is 6.91. The Morgan fingerprint density at radius 3 is 2.21 bits per heavy atom. The lowest BCUT2D eigenvalue weighted by Crippen LogP contribution is -2.44. The minimum absolute atomic E-state index is 0.132. The van der Waals surface area contributed by atoms with E-state index in [0.717, 1.165) is 34.9 Å². The Labute approximate surface area is 175 Å². The van der Waals surface area contributed by atoms with Crippen molar-refractivity contribution in [1.82, 2.24) is 9.21 Å². The normalized spacial score (nSPS) is 15.0. The van der Waals surface area contributed by atoms with Gasteiger partial charge in [-0.3, -0.25) is 4.79 Å². The van der Waals surface area contributed by atoms with E-state index < -0.39 is 10.0 Å². The van der Waals surface area contributed by atoms with Crippen LogP contribution in [-0.2, 0) is 21.4 Å². The van der Waals surface area contributed by atoms with Gasteiger partial charge in [-0.2, -0.15) is 4.31 Å². The molecule has 0 N–H and O–H groups in total. The highest BCUT2D eigenvalue weighted by Crippen LogP contribution is 2.21. The van der Waals surface area contributed by atoms with E-state index in [2.05, 4.69) is 15.9 Å². The molecule has 5 nitrogen and oxygen atoms in total. The van der Waals surface area contributed by atoms with Crippen LogP contribution in [0.25, 0.3) is 0 Å². The molecule has 28 heavy (non-hydrogen) atoms. The summed E-state index contributed by atoms with van der Waals surface area (Å²) in [5.41, 5.74) is 1.97. The van der Waals surface area contributed by atoms with Crippen molar-refractivity contribution in [3.63, 3.8) is 0 Å². The van der Waals surface area contributed by atoms with Gasteiger partial charge in [0.1, 0.15) is 0 Å². The van der Waals surface area contributed by atoms with Gasteiger partial charge < -0.3 is 4.90 Å². The van der Waals surface area contributed by atoms with Crippen LogP contribution in [0.4, 0.5) is 0 Å². The minimum Gasteiger partial charge on any atom is -0.342 e. The predicted molar refractivity (Wildman–Crippen MR) is 113 cm³/mol. The summed E-state index contributed by atoms with van der Waals surface area (Å²) in [5, 5.41) is 0. The number of rotatable bonds is 6. The second kappa shape index (κ2) is 9.20. The summed E-state index contributed by atoms with van der Waals surface area (Å²) in [6.07, 6.45) is 3.07. The lowest BCUT2D eigenvalue weighted by molar-refractivity contribution is -0.132. The molecule has 0 saturated carbocycles. The van der Waals surface area contributed by atoms with Gasteiger partial charge >= 0.3 is 0 Å². The number of halogens is 1. The third-order valence-corrected chi connectivity index (χ3v) is 7.29. The molecule has 2 aromatic carbocycles. The smallest absolute Gasteiger partial charge is 0.243 e. The van der Waals surface area contributed by atoms with Gasteiger partial charge in [-0.15, -0.1) is 0 Å². The molecule has 0 aromatic heterocycles. The van der Waals surface area contributed by atoms with Crippen LogP contribution < -0.4 is 0 Å². The van der Waals surface area contributed by atoms with Gasteiger partial charge in [-0.1, -0.05) is 45.8 Å². The molecule has 0 spiro atoms. The van der Waals surface area contributed by atoms with Crippen LogP contribution in [0.3, 0.4) is 0 Å². The van der Waals surface area contributed by atoms with Gasteiger partial charge in [-0.25, -0.2) is 8.42 Å². The Bertz CT molecular complexity index is 906. The van der Waals surface area contributed by atoms with Crippen LogP contribution in [0.15, 0.2) is 57.9 Å². The molecular weight excluding hydrogens is 440 g/mol. The number of nitrogens with zero attached hydrogens (tertiary/aromatic N) is 2. The molecule has 1 aliphatic rings. The first-order chi connectivity index (χ1) is 13.4. The maximum absolute atomic E-state index is 13.3. The number of piperidine rings is 1. The van der Waals surface area contributed by atoms with E-state index in [0.29, 0.717) is 13.1 Å². The molecule has 150 valence electrons. The van der Waals surface area contributed by atoms with Crippen LogP contribution in [0.2, 0.25) is 0 Å². The molecular formula is C21H25BrN2O3S. The third kappa shape index (κ3) is 5.21. The lowest BCUT2D eigenvalue weighted by Gasteiger charge is -2.29. The zero-order valence-electron chi connectivity index (χ0n) is 16.0. The fourth-order valence-electron chi connectivity index (χ4n) is 3.27. The van der Waals surface area contributed by atoms with Gasteiger partial charge in [0.25, 0.3) is 0 Å². The van der Waals surface area contributed by atoms with Crippen molar-refractivity contribution in [1.29, 1.82) is 0 Å². The Morgan fingerprint density at radius 2 is 1.61 bits per heavy atom. The number of carbonyl (C=O) groups excluding carboxylic acids is 1. The standard InChI is InChI=1S/C21H25BrN2O3S/c1-17-5-7-18(8-6-17)15-24(16-21(25)23-13-3-2-4-14-23)28(26,27)20-11-9-19(22)10-12-20/h5-12H,2-4,13-16H2,1H3. The van der Waals surface area contributed by atoms with Crippen molar-refractivity contribution in [2.45, 2.75) is 37.6 Å². The summed E-state index contributed by atoms with van der Waals surface area (Å²) in [5.74, 6) is -0.132. The maximum atomic E-state index is 13.3. The van der Waals surface area contributed by atoms with Gasteiger partial charge in [0, 0.05) is 24.1 Å². The zero-order valence-corrected chi connectivity index (χ0v) is 18.4. The number of hydrogen-bond donors (Lipinski definition) is 0. The molecule has 1 saturated heterocycles. The van der Waals surface area contributed by atoms with E-state index >= 15 is 0 Å². The number of likely N-dealkylation sites (tertiary alicyclic amines) is 1. The molecule has 0 atom stereocenters. The number of carbonyl (C=O) groups is 1. The van der Waals surface area contributed by atoms with Crippen LogP contribution in [0.5, 0.6) is 0 Å². The van der Waals surface area contributed by atoms with E-state index in [1.807, 2.05) is 31.2 Å². The first kappa shape index (κ1) is 21.0. The average Bonchev–Trinajstić information content (AvgIpc) is 2.70. The second-order valence-corrected chi connectivity index (χ2v) is 10.0. The summed E-state index contributed by atoms with van der Waals surface area (Å²) in [6, 6.07) is 14.2. The first-order valence-corrected chi connectivity index (χ1v) is 11.7. The van der Waals surface area contributed by atoms with E-state index in [4.69, 9.17) is 0 Å². The largest absolute Gasteiger partial charge is 0.342 e. The molecule has 1 amide bonds. The third-order valence-electron chi connectivity index (χ3n) is 4.95. The molecule has 3 rings (SSSR count). The van der Waals surface area contributed by atoms with Crippen molar-refractivity contribution in [3.8, 4) is 0 Å². The van der Waals surface area contributed by atoms with E-state index in [1.54, 1.807) is 29.2 Å². The van der Waals surface area contributed by atoms with Crippen LogP contribution in [0, 0.1) is 6.92 Å². The van der Waals surface area contributed by atoms with E-state index in [9.17, 15) is 13.2 Å². The molecule has 0 bridgehead atoms. The van der Waals surface area contributed by atoms with Crippen molar-refractivity contribution in [3.05, 3.63) is 64.1 Å². The first-order valence-electron chi connectivity index (χ1n) is 9.45. The number of benzene rings is 2. The average molecular weight is 465 g/mol. The molecule has 2 aromatic rings. The topological polar surface area (TPSA) is 57.7 Å². The van der Waals surface area contributed by atoms with Crippen LogP contribution in [0.1, 0.15) is 30.4 Å². The number of aryl methyl sites for hydroxylation is 1. The summed E-state index contributed by atoms with van der Waals surface area (Å²) in [6.45, 7) is 3.41. The number of sulfonamides is 1. The van der Waals surface area contributed by atoms with Gasteiger partial charge in [0.05, 0.1) is 11.4 Å². The quantitative estimate of drug-likeness (QED) is 0.649. The van der Waals surface area contributed by atoms with Crippen molar-refractivity contribution in [2.24, 2.45) is 0 Å². The van der Waals surface area contributed by atoms with Crippen LogP contribution in [-0.4, -0.2) is 43.2 Å². The molecule has 1 aliphatic heterocycles. The summed E-state index contributed by atoms with van der Waals surface area (Å²) >= 11 is 3.33. The molecule has 0 radical (unpaired) electrons. The van der Waals surface area contributed by atoms with Crippen molar-refractivity contribution in [2.75, 3.05) is 19.6 Å². The fourth-order valence-corrected chi connectivity index (χ4v) is 4.91. The monoisotopic (exact) mass is 464 g/mol. The highest BCUT2D eigenvalue weighted by molar-refractivity contribution is 9.10. The van der Waals surface area contributed by atoms with E-state index in [1.165, 1.54) is 4.31 Å². The van der Waals surface area contributed by atoms with Gasteiger partial charge in [-0.05, 0) is 56.0 Å². The number of amides is 1. The minimum atomic E-state index is -3.79. The molecule has 0 aliphatic carbocycles. The van der Waals surface area contributed by atoms with E-state index in [-0.39, 0.29) is 23.9 Å². The molecule has 0 unspecified atom stereocenters.